The minimum absolute atomic E-state index is 0.0206. The van der Waals surface area contributed by atoms with Crippen LogP contribution in [0.5, 0.6) is 0 Å². The molecule has 110 valence electrons. The summed E-state index contributed by atoms with van der Waals surface area (Å²) < 4.78 is 5.51. The Morgan fingerprint density at radius 3 is 2.75 bits per heavy atom. The second kappa shape index (κ2) is 6.83. The van der Waals surface area contributed by atoms with Gasteiger partial charge in [-0.15, -0.1) is 0 Å². The van der Waals surface area contributed by atoms with Gasteiger partial charge < -0.3 is 20.9 Å². The minimum Gasteiger partial charge on any atom is -0.387 e. The van der Waals surface area contributed by atoms with E-state index in [4.69, 9.17) is 10.5 Å². The number of aliphatic hydroxyl groups excluding tert-OH is 1. The van der Waals surface area contributed by atoms with Crippen LogP contribution in [0.1, 0.15) is 30.1 Å². The van der Waals surface area contributed by atoms with Crippen molar-refractivity contribution < 1.29 is 14.6 Å². The zero-order valence-electron chi connectivity index (χ0n) is 11.7. The van der Waals surface area contributed by atoms with Crippen LogP contribution in [-0.2, 0) is 9.53 Å². The Morgan fingerprint density at radius 1 is 1.45 bits per heavy atom. The van der Waals surface area contributed by atoms with Crippen molar-refractivity contribution in [3.63, 3.8) is 0 Å². The van der Waals surface area contributed by atoms with Crippen molar-refractivity contribution in [2.75, 3.05) is 13.1 Å². The first-order valence-electron chi connectivity index (χ1n) is 6.98. The van der Waals surface area contributed by atoms with Gasteiger partial charge >= 0.3 is 0 Å². The highest BCUT2D eigenvalue weighted by molar-refractivity contribution is 5.81. The summed E-state index contributed by atoms with van der Waals surface area (Å²) in [7, 11) is 0. The Morgan fingerprint density at radius 2 is 2.15 bits per heavy atom. The predicted octanol–water partition coefficient (Wildman–Crippen LogP) is 0.651. The van der Waals surface area contributed by atoms with Crippen LogP contribution in [0.15, 0.2) is 24.3 Å². The van der Waals surface area contributed by atoms with Crippen molar-refractivity contribution in [3.8, 4) is 0 Å². The molecule has 4 N–H and O–H groups in total. The fourth-order valence-electron chi connectivity index (χ4n) is 2.29. The number of nitrogens with one attached hydrogen (secondary N) is 1. The fraction of sp³-hybridized carbons (Fsp3) is 0.533. The van der Waals surface area contributed by atoms with Crippen molar-refractivity contribution in [1.82, 2.24) is 5.32 Å². The molecule has 5 nitrogen and oxygen atoms in total. The van der Waals surface area contributed by atoms with Crippen molar-refractivity contribution >= 4 is 5.91 Å². The third kappa shape index (κ3) is 3.79. The minimum atomic E-state index is -0.703. The molecule has 0 aliphatic carbocycles. The highest BCUT2D eigenvalue weighted by atomic mass is 16.5. The normalized spacial score (nSPS) is 23.6. The maximum absolute atomic E-state index is 11.9. The van der Waals surface area contributed by atoms with Crippen molar-refractivity contribution in [2.45, 2.75) is 38.1 Å². The number of rotatable bonds is 5. The van der Waals surface area contributed by atoms with Gasteiger partial charge in [0, 0.05) is 13.1 Å². The molecule has 0 bridgehead atoms. The quantitative estimate of drug-likeness (QED) is 0.738. The lowest BCUT2D eigenvalue weighted by Crippen LogP contribution is -2.37. The highest BCUT2D eigenvalue weighted by Gasteiger charge is 2.29. The average Bonchev–Trinajstić information content (AvgIpc) is 2.94. The lowest BCUT2D eigenvalue weighted by Gasteiger charge is -2.15. The largest absolute Gasteiger partial charge is 0.387 e. The van der Waals surface area contributed by atoms with Gasteiger partial charge in [0.05, 0.1) is 12.2 Å². The molecule has 1 fully saturated rings. The molecule has 1 aliphatic rings. The van der Waals surface area contributed by atoms with Crippen LogP contribution in [0, 0.1) is 6.92 Å². The van der Waals surface area contributed by atoms with Crippen LogP contribution < -0.4 is 11.1 Å². The molecule has 1 amide bonds. The summed E-state index contributed by atoms with van der Waals surface area (Å²) in [5.41, 5.74) is 7.44. The van der Waals surface area contributed by atoms with E-state index in [0.29, 0.717) is 13.0 Å². The second-order valence-electron chi connectivity index (χ2n) is 5.23. The smallest absolute Gasteiger partial charge is 0.249 e. The molecule has 3 atom stereocenters. The van der Waals surface area contributed by atoms with E-state index in [2.05, 4.69) is 5.32 Å². The number of carbonyl (C=O) groups excluding carboxylic acids is 1. The topological polar surface area (TPSA) is 84.6 Å². The summed E-state index contributed by atoms with van der Waals surface area (Å²) in [5.74, 6) is -0.174. The first kappa shape index (κ1) is 15.0. The Labute approximate surface area is 119 Å². The van der Waals surface area contributed by atoms with E-state index in [1.165, 1.54) is 0 Å². The number of amides is 1. The molecule has 1 saturated heterocycles. The summed E-state index contributed by atoms with van der Waals surface area (Å²) in [6, 6.07) is 7.60. The van der Waals surface area contributed by atoms with E-state index in [-0.39, 0.29) is 18.6 Å². The molecule has 20 heavy (non-hydrogen) atoms. The van der Waals surface area contributed by atoms with E-state index in [1.54, 1.807) is 0 Å². The molecule has 1 aliphatic heterocycles. The average molecular weight is 278 g/mol. The standard InChI is InChI=1S/C15H22N2O3/c1-10-2-4-11(5-3-10)13(18)9-17-15(19)14-7-6-12(8-16)20-14/h2-5,12-14,18H,6-9,16H2,1H3,(H,17,19)/t12-,13?,14+/m1/s1. The van der Waals surface area contributed by atoms with Gasteiger partial charge in [0.25, 0.3) is 0 Å². The molecule has 0 saturated carbocycles. The summed E-state index contributed by atoms with van der Waals surface area (Å²) in [6.07, 6.45) is 0.344. The van der Waals surface area contributed by atoms with Crippen molar-refractivity contribution in [3.05, 3.63) is 35.4 Å². The monoisotopic (exact) mass is 278 g/mol. The number of ether oxygens (including phenoxy) is 1. The second-order valence-corrected chi connectivity index (χ2v) is 5.23. The van der Waals surface area contributed by atoms with Crippen molar-refractivity contribution in [1.29, 1.82) is 0 Å². The van der Waals surface area contributed by atoms with Gasteiger partial charge in [0.2, 0.25) is 5.91 Å². The lowest BCUT2D eigenvalue weighted by molar-refractivity contribution is -0.132. The number of aryl methyl sites for hydroxylation is 1. The number of carbonyl (C=O) groups is 1. The molecule has 1 unspecified atom stereocenters. The van der Waals surface area contributed by atoms with Crippen molar-refractivity contribution in [2.24, 2.45) is 5.73 Å². The molecule has 0 aromatic heterocycles. The van der Waals surface area contributed by atoms with E-state index < -0.39 is 12.2 Å². The van der Waals surface area contributed by atoms with E-state index in [1.807, 2.05) is 31.2 Å². The van der Waals surface area contributed by atoms with Gasteiger partial charge in [0.15, 0.2) is 0 Å². The molecular formula is C15H22N2O3. The molecule has 0 radical (unpaired) electrons. The lowest BCUT2D eigenvalue weighted by atomic mass is 10.1. The Bertz CT molecular complexity index is 447. The molecule has 1 aromatic carbocycles. The summed E-state index contributed by atoms with van der Waals surface area (Å²) in [5, 5.41) is 12.8. The van der Waals surface area contributed by atoms with E-state index in [0.717, 1.165) is 17.5 Å². The third-order valence-corrected chi connectivity index (χ3v) is 3.59. The first-order valence-corrected chi connectivity index (χ1v) is 6.98. The van der Waals surface area contributed by atoms with Gasteiger partial charge in [-0.05, 0) is 25.3 Å². The van der Waals surface area contributed by atoms with Crippen LogP contribution in [0.2, 0.25) is 0 Å². The molecule has 0 spiro atoms. The van der Waals surface area contributed by atoms with Gasteiger partial charge in [-0.1, -0.05) is 29.8 Å². The Hall–Kier alpha value is -1.43. The number of aliphatic hydroxyl groups is 1. The zero-order chi connectivity index (χ0) is 14.5. The fourth-order valence-corrected chi connectivity index (χ4v) is 2.29. The Kier molecular flexibility index (Phi) is 5.11. The Balaban J connectivity index is 1.80. The van der Waals surface area contributed by atoms with Crippen LogP contribution in [-0.4, -0.2) is 36.3 Å². The van der Waals surface area contributed by atoms with Gasteiger partial charge in [0.1, 0.15) is 6.10 Å². The molecule has 2 rings (SSSR count). The van der Waals surface area contributed by atoms with E-state index in [9.17, 15) is 9.90 Å². The molecule has 5 heteroatoms. The molecule has 1 heterocycles. The zero-order valence-corrected chi connectivity index (χ0v) is 11.7. The van der Waals surface area contributed by atoms with E-state index >= 15 is 0 Å². The van der Waals surface area contributed by atoms with Crippen LogP contribution in [0.3, 0.4) is 0 Å². The van der Waals surface area contributed by atoms with Gasteiger partial charge in [-0.25, -0.2) is 0 Å². The van der Waals surface area contributed by atoms with Gasteiger partial charge in [-0.3, -0.25) is 4.79 Å². The number of hydrogen-bond acceptors (Lipinski definition) is 4. The SMILES string of the molecule is Cc1ccc(C(O)CNC(=O)[C@@H]2CC[C@H](CN)O2)cc1. The predicted molar refractivity (Wildman–Crippen MR) is 76.1 cm³/mol. The summed E-state index contributed by atoms with van der Waals surface area (Å²) >= 11 is 0. The number of hydrogen-bond donors (Lipinski definition) is 3. The van der Waals surface area contributed by atoms with Gasteiger partial charge in [-0.2, -0.15) is 0 Å². The number of nitrogens with two attached hydrogens (primary N) is 1. The number of benzene rings is 1. The third-order valence-electron chi connectivity index (χ3n) is 3.59. The first-order chi connectivity index (χ1) is 9.60. The molecule has 1 aromatic rings. The molecular weight excluding hydrogens is 256 g/mol. The highest BCUT2D eigenvalue weighted by Crippen LogP contribution is 2.19. The van der Waals surface area contributed by atoms with Crippen LogP contribution in [0.25, 0.3) is 0 Å². The summed E-state index contributed by atoms with van der Waals surface area (Å²) in [6.45, 7) is 2.62. The van der Waals surface area contributed by atoms with Crippen LogP contribution >= 0.6 is 0 Å². The maximum Gasteiger partial charge on any atom is 0.249 e. The maximum atomic E-state index is 11.9. The van der Waals surface area contributed by atoms with Crippen LogP contribution in [0.4, 0.5) is 0 Å². The summed E-state index contributed by atoms with van der Waals surface area (Å²) in [4.78, 5) is 11.9.